The van der Waals surface area contributed by atoms with Crippen LogP contribution >= 0.6 is 0 Å². The lowest BCUT2D eigenvalue weighted by molar-refractivity contribution is 0.102. The molecule has 3 rings (SSSR count). The number of pyridine rings is 2. The maximum atomic E-state index is 12.0. The number of rotatable bonds is 2. The molecule has 104 valence electrons. The number of fused-ring (bicyclic) bond motifs is 1. The summed E-state index contributed by atoms with van der Waals surface area (Å²) in [4.78, 5) is 30.5. The third-order valence-corrected chi connectivity index (χ3v) is 3.06. The van der Waals surface area contributed by atoms with Crippen molar-refractivity contribution in [2.24, 2.45) is 0 Å². The molecule has 0 fully saturated rings. The van der Waals surface area contributed by atoms with Crippen molar-refractivity contribution in [1.82, 2.24) is 9.97 Å². The lowest BCUT2D eigenvalue weighted by Crippen LogP contribution is -2.20. The minimum Gasteiger partial charge on any atom is -0.505 e. The fraction of sp³-hybridized carbons (Fsp3) is 0. The van der Waals surface area contributed by atoms with Gasteiger partial charge in [0.2, 0.25) is 0 Å². The highest BCUT2D eigenvalue weighted by atomic mass is 16.3. The Morgan fingerprint density at radius 3 is 2.76 bits per heavy atom. The van der Waals surface area contributed by atoms with Gasteiger partial charge < -0.3 is 15.4 Å². The van der Waals surface area contributed by atoms with Gasteiger partial charge in [-0.15, -0.1) is 0 Å². The third-order valence-electron chi connectivity index (χ3n) is 3.06. The van der Waals surface area contributed by atoms with E-state index in [1.54, 1.807) is 36.4 Å². The Balaban J connectivity index is 2.05. The van der Waals surface area contributed by atoms with Gasteiger partial charge >= 0.3 is 0 Å². The average Bonchev–Trinajstić information content (AvgIpc) is 2.52. The zero-order valence-electron chi connectivity index (χ0n) is 10.8. The molecule has 0 saturated heterocycles. The van der Waals surface area contributed by atoms with Crippen LogP contribution in [0.5, 0.6) is 5.75 Å². The molecule has 0 radical (unpaired) electrons. The quantitative estimate of drug-likeness (QED) is 0.668. The molecule has 2 aromatic heterocycles. The van der Waals surface area contributed by atoms with Gasteiger partial charge in [0.15, 0.2) is 11.4 Å². The molecule has 0 saturated carbocycles. The second-order valence-electron chi connectivity index (χ2n) is 4.42. The van der Waals surface area contributed by atoms with Crippen LogP contribution < -0.4 is 10.9 Å². The van der Waals surface area contributed by atoms with E-state index in [2.05, 4.69) is 15.3 Å². The Kier molecular flexibility index (Phi) is 3.12. The summed E-state index contributed by atoms with van der Waals surface area (Å²) in [6, 6.07) is 9.97. The van der Waals surface area contributed by atoms with E-state index in [4.69, 9.17) is 0 Å². The van der Waals surface area contributed by atoms with E-state index in [1.165, 1.54) is 12.4 Å². The minimum absolute atomic E-state index is 0.178. The number of amides is 1. The van der Waals surface area contributed by atoms with Crippen LogP contribution in [-0.4, -0.2) is 21.0 Å². The minimum atomic E-state index is -0.566. The van der Waals surface area contributed by atoms with E-state index in [9.17, 15) is 14.7 Å². The molecule has 1 aromatic carbocycles. The smallest absolute Gasteiger partial charge is 0.276 e. The summed E-state index contributed by atoms with van der Waals surface area (Å²) in [5, 5.41) is 13.0. The standard InChI is InChI=1S/C15H11N3O3/c19-13-10-5-1-2-6-11(10)17-15(21)12(13)18-14(20)9-4-3-7-16-8-9/h1-8H,(H,18,20)(H2,17,19,21). The van der Waals surface area contributed by atoms with Crippen molar-refractivity contribution in [3.63, 3.8) is 0 Å². The van der Waals surface area contributed by atoms with Crippen molar-refractivity contribution in [3.05, 3.63) is 64.7 Å². The summed E-state index contributed by atoms with van der Waals surface area (Å²) >= 11 is 0. The molecule has 0 aliphatic heterocycles. The number of nitrogens with zero attached hydrogens (tertiary/aromatic N) is 1. The highest BCUT2D eigenvalue weighted by Gasteiger charge is 2.15. The van der Waals surface area contributed by atoms with Crippen LogP contribution in [0.3, 0.4) is 0 Å². The molecule has 6 nitrogen and oxygen atoms in total. The number of carbonyl (C=O) groups is 1. The summed E-state index contributed by atoms with van der Waals surface area (Å²) in [6.45, 7) is 0. The van der Waals surface area contributed by atoms with Crippen LogP contribution in [0.4, 0.5) is 5.69 Å². The summed E-state index contributed by atoms with van der Waals surface area (Å²) < 4.78 is 0. The normalized spacial score (nSPS) is 10.5. The Morgan fingerprint density at radius 2 is 2.00 bits per heavy atom. The number of H-pyrrole nitrogens is 1. The molecule has 3 aromatic rings. The van der Waals surface area contributed by atoms with E-state index >= 15 is 0 Å². The van der Waals surface area contributed by atoms with E-state index in [1.807, 2.05) is 0 Å². The molecule has 21 heavy (non-hydrogen) atoms. The van der Waals surface area contributed by atoms with E-state index in [0.29, 0.717) is 16.5 Å². The number of nitrogens with one attached hydrogen (secondary N) is 2. The Bertz CT molecular complexity index is 872. The Hall–Kier alpha value is -3.15. The van der Waals surface area contributed by atoms with Crippen LogP contribution in [0.15, 0.2) is 53.6 Å². The molecule has 3 N–H and O–H groups in total. The predicted molar refractivity (Wildman–Crippen MR) is 78.4 cm³/mol. The topological polar surface area (TPSA) is 95.1 Å². The maximum Gasteiger partial charge on any atom is 0.276 e. The first kappa shape index (κ1) is 12.9. The number of aromatic nitrogens is 2. The first-order chi connectivity index (χ1) is 10.2. The fourth-order valence-corrected chi connectivity index (χ4v) is 2.02. The van der Waals surface area contributed by atoms with Crippen LogP contribution in [-0.2, 0) is 0 Å². The zero-order chi connectivity index (χ0) is 14.8. The van der Waals surface area contributed by atoms with Crippen molar-refractivity contribution < 1.29 is 9.90 Å². The van der Waals surface area contributed by atoms with Crippen molar-refractivity contribution in [1.29, 1.82) is 0 Å². The molecule has 0 spiro atoms. The molecule has 0 aliphatic carbocycles. The van der Waals surface area contributed by atoms with Gasteiger partial charge in [0.25, 0.3) is 11.5 Å². The lowest BCUT2D eigenvalue weighted by atomic mass is 10.2. The molecule has 0 atom stereocenters. The van der Waals surface area contributed by atoms with Crippen LogP contribution in [0.25, 0.3) is 10.9 Å². The summed E-state index contributed by atoms with van der Waals surface area (Å²) in [7, 11) is 0. The van der Waals surface area contributed by atoms with Gasteiger partial charge in [-0.25, -0.2) is 0 Å². The largest absolute Gasteiger partial charge is 0.505 e. The van der Waals surface area contributed by atoms with Gasteiger partial charge in [-0.2, -0.15) is 0 Å². The van der Waals surface area contributed by atoms with Gasteiger partial charge in [0, 0.05) is 17.8 Å². The van der Waals surface area contributed by atoms with Gasteiger partial charge in [-0.3, -0.25) is 14.6 Å². The van der Waals surface area contributed by atoms with Crippen molar-refractivity contribution in [2.75, 3.05) is 5.32 Å². The van der Waals surface area contributed by atoms with Crippen LogP contribution in [0.1, 0.15) is 10.4 Å². The summed E-state index contributed by atoms with van der Waals surface area (Å²) in [5.74, 6) is -0.772. The average molecular weight is 281 g/mol. The molecule has 0 unspecified atom stereocenters. The van der Waals surface area contributed by atoms with Crippen molar-refractivity contribution in [3.8, 4) is 5.75 Å². The lowest BCUT2D eigenvalue weighted by Gasteiger charge is -2.08. The van der Waals surface area contributed by atoms with Gasteiger partial charge in [0.05, 0.1) is 11.1 Å². The van der Waals surface area contributed by atoms with Crippen LogP contribution in [0, 0.1) is 0 Å². The maximum absolute atomic E-state index is 12.0. The van der Waals surface area contributed by atoms with E-state index in [0.717, 1.165) is 0 Å². The zero-order valence-corrected chi connectivity index (χ0v) is 10.8. The van der Waals surface area contributed by atoms with E-state index < -0.39 is 11.5 Å². The first-order valence-corrected chi connectivity index (χ1v) is 6.22. The second kappa shape index (κ2) is 5.09. The molecule has 6 heteroatoms. The first-order valence-electron chi connectivity index (χ1n) is 6.22. The van der Waals surface area contributed by atoms with E-state index in [-0.39, 0.29) is 11.4 Å². The SMILES string of the molecule is O=C(Nc1c(O)c2ccccc2[nH]c1=O)c1cccnc1. The second-order valence-corrected chi connectivity index (χ2v) is 4.42. The Morgan fingerprint density at radius 1 is 1.19 bits per heavy atom. The number of hydrogen-bond donors (Lipinski definition) is 3. The highest BCUT2D eigenvalue weighted by molar-refractivity contribution is 6.06. The number of carbonyl (C=O) groups excluding carboxylic acids is 1. The van der Waals surface area contributed by atoms with Crippen LogP contribution in [0.2, 0.25) is 0 Å². The molecular formula is C15H11N3O3. The van der Waals surface area contributed by atoms with Gasteiger partial charge in [-0.1, -0.05) is 12.1 Å². The summed E-state index contributed by atoms with van der Waals surface area (Å²) in [5.41, 5.74) is 0.0508. The Labute approximate surface area is 119 Å². The van der Waals surface area contributed by atoms with Crippen molar-refractivity contribution >= 4 is 22.5 Å². The number of aromatic hydroxyl groups is 1. The highest BCUT2D eigenvalue weighted by Crippen LogP contribution is 2.28. The predicted octanol–water partition coefficient (Wildman–Crippen LogP) is 1.88. The molecule has 2 heterocycles. The number of anilines is 1. The van der Waals surface area contributed by atoms with Gasteiger partial charge in [0.1, 0.15) is 0 Å². The molecule has 0 aliphatic rings. The molecular weight excluding hydrogens is 270 g/mol. The number of hydrogen-bond acceptors (Lipinski definition) is 4. The number of para-hydroxylation sites is 1. The fourth-order valence-electron chi connectivity index (χ4n) is 2.02. The number of aromatic amines is 1. The monoisotopic (exact) mass is 281 g/mol. The van der Waals surface area contributed by atoms with Gasteiger partial charge in [-0.05, 0) is 24.3 Å². The number of benzene rings is 1. The third kappa shape index (κ3) is 2.34. The molecule has 0 bridgehead atoms. The van der Waals surface area contributed by atoms with Crippen molar-refractivity contribution in [2.45, 2.75) is 0 Å². The molecule has 1 amide bonds. The summed E-state index contributed by atoms with van der Waals surface area (Å²) in [6.07, 6.45) is 2.92.